The maximum absolute atomic E-state index is 11.8. The molecule has 0 radical (unpaired) electrons. The highest BCUT2D eigenvalue weighted by Gasteiger charge is 2.47. The molecule has 8 N–H and O–H groups in total. The summed E-state index contributed by atoms with van der Waals surface area (Å²) in [4.78, 5) is 49.8. The summed E-state index contributed by atoms with van der Waals surface area (Å²) >= 11 is 0. The molecule has 1 aliphatic rings. The summed E-state index contributed by atoms with van der Waals surface area (Å²) in [6.45, 7) is -1.02. The third-order valence-corrected chi connectivity index (χ3v) is 7.80. The Morgan fingerprint density at radius 3 is 2.44 bits per heavy atom. The van der Waals surface area contributed by atoms with Gasteiger partial charge in [0.1, 0.15) is 23.8 Å². The summed E-state index contributed by atoms with van der Waals surface area (Å²) in [5.74, 6) is -0.560. The van der Waals surface area contributed by atoms with Crippen molar-refractivity contribution >= 4 is 46.4 Å². The van der Waals surface area contributed by atoms with E-state index in [1.165, 1.54) is 0 Å². The van der Waals surface area contributed by atoms with Gasteiger partial charge in [-0.05, 0) is 10.6 Å². The first-order valence-electron chi connectivity index (χ1n) is 8.47. The van der Waals surface area contributed by atoms with Gasteiger partial charge in [0.15, 0.2) is 17.7 Å². The van der Waals surface area contributed by atoms with Crippen molar-refractivity contribution in [2.45, 2.75) is 24.5 Å². The average molecular weight is 549 g/mol. The lowest BCUT2D eigenvalue weighted by Crippen LogP contribution is -2.33. The molecular formula is C10H15N8O13P3. The van der Waals surface area contributed by atoms with E-state index in [9.17, 15) is 28.8 Å². The highest BCUT2D eigenvalue weighted by Crippen LogP contribution is 2.66. The molecule has 0 bridgehead atoms. The Morgan fingerprint density at radius 2 is 1.82 bits per heavy atom. The molecule has 1 fully saturated rings. The van der Waals surface area contributed by atoms with Gasteiger partial charge in [-0.25, -0.2) is 28.6 Å². The molecule has 21 nitrogen and oxygen atoms in total. The maximum Gasteiger partial charge on any atom is 0.490 e. The lowest BCUT2D eigenvalue weighted by molar-refractivity contribution is -0.0503. The summed E-state index contributed by atoms with van der Waals surface area (Å²) in [5.41, 5.74) is 14.2. The van der Waals surface area contributed by atoms with Crippen molar-refractivity contribution in [2.75, 3.05) is 12.3 Å². The Balaban J connectivity index is 1.76. The molecule has 34 heavy (non-hydrogen) atoms. The van der Waals surface area contributed by atoms with Gasteiger partial charge in [-0.1, -0.05) is 0 Å². The highest BCUT2D eigenvalue weighted by atomic mass is 32.2. The van der Waals surface area contributed by atoms with Crippen LogP contribution in [0.1, 0.15) is 6.23 Å². The van der Waals surface area contributed by atoms with Crippen molar-refractivity contribution in [1.82, 2.24) is 19.5 Å². The molecule has 1 saturated heterocycles. The number of aromatic nitrogens is 4. The molecule has 2 aromatic heterocycles. The Labute approximate surface area is 186 Å². The van der Waals surface area contributed by atoms with Crippen LogP contribution in [0.2, 0.25) is 0 Å². The minimum Gasteiger partial charge on any atom is -0.387 e. The molecule has 0 amide bonds. The van der Waals surface area contributed by atoms with Gasteiger partial charge in [0.25, 0.3) is 0 Å². The molecule has 1 aliphatic heterocycles. The minimum atomic E-state index is -5.75. The number of imidazole rings is 1. The van der Waals surface area contributed by atoms with Gasteiger partial charge in [0.05, 0.1) is 12.9 Å². The minimum absolute atomic E-state index is 0.0268. The van der Waals surface area contributed by atoms with Crippen LogP contribution in [-0.2, 0) is 31.6 Å². The summed E-state index contributed by atoms with van der Waals surface area (Å²) in [6.07, 6.45) is -5.33. The fourth-order valence-electron chi connectivity index (χ4n) is 2.76. The van der Waals surface area contributed by atoms with Crippen LogP contribution in [0.5, 0.6) is 0 Å². The predicted octanol–water partition coefficient (Wildman–Crippen LogP) is -0.687. The van der Waals surface area contributed by atoms with Gasteiger partial charge in [-0.2, -0.15) is 8.62 Å². The smallest absolute Gasteiger partial charge is 0.387 e. The number of nitrogens with two attached hydrogens (primary N) is 1. The maximum atomic E-state index is 11.8. The molecule has 0 aromatic carbocycles. The second kappa shape index (κ2) is 9.54. The van der Waals surface area contributed by atoms with E-state index < -0.39 is 54.6 Å². The Bertz CT molecular complexity index is 1280. The van der Waals surface area contributed by atoms with E-state index >= 15 is 0 Å². The molecule has 2 aromatic rings. The topological polar surface area (TPSA) is 328 Å². The summed E-state index contributed by atoms with van der Waals surface area (Å²) in [6, 6.07) is 0. The van der Waals surface area contributed by atoms with Gasteiger partial charge >= 0.3 is 23.5 Å². The number of azide groups is 1. The quantitative estimate of drug-likeness (QED) is 0.0880. The van der Waals surface area contributed by atoms with Gasteiger partial charge in [-0.3, -0.25) is 9.09 Å². The van der Waals surface area contributed by atoms with Crippen LogP contribution in [0.4, 0.5) is 11.8 Å². The normalized spacial score (nSPS) is 26.6. The lowest BCUT2D eigenvalue weighted by Gasteiger charge is -2.19. The monoisotopic (exact) mass is 549 g/mol. The lowest BCUT2D eigenvalue weighted by atomic mass is 10.1. The van der Waals surface area contributed by atoms with Crippen molar-refractivity contribution in [2.24, 2.45) is 5.11 Å². The van der Waals surface area contributed by atoms with Crippen LogP contribution in [0.3, 0.4) is 0 Å². The van der Waals surface area contributed by atoms with Gasteiger partial charge in [0, 0.05) is 4.91 Å². The molecule has 0 aliphatic carbocycles. The highest BCUT2D eigenvalue weighted by molar-refractivity contribution is 7.66. The third kappa shape index (κ3) is 6.14. The predicted molar refractivity (Wildman–Crippen MR) is 104 cm³/mol. The largest absolute Gasteiger partial charge is 0.490 e. The molecule has 0 saturated carbocycles. The number of nitrogens with zero attached hydrogens (tertiary/aromatic N) is 7. The number of nitrogen functional groups attached to an aromatic ring is 1. The fourth-order valence-corrected chi connectivity index (χ4v) is 5.79. The van der Waals surface area contributed by atoms with Crippen LogP contribution < -0.4 is 5.73 Å². The van der Waals surface area contributed by atoms with Crippen LogP contribution in [0.15, 0.2) is 11.4 Å². The number of aliphatic hydroxyl groups excluding tert-OH is 2. The number of anilines is 1. The van der Waals surface area contributed by atoms with Gasteiger partial charge < -0.3 is 40.3 Å². The number of rotatable bonds is 9. The van der Waals surface area contributed by atoms with Crippen LogP contribution >= 0.6 is 23.5 Å². The van der Waals surface area contributed by atoms with E-state index in [4.69, 9.17) is 30.7 Å². The molecule has 3 heterocycles. The SMILES string of the molecule is [N-]=[N+]=Nc1nc(N)c2ncn([C@@H]3O[C@H](CO[32P](=O)(O)OP(=O)(O)OP(=O)(O)O)[C@@H](O)[C@H]3O)c2n1. The fraction of sp³-hybridized carbons (Fsp3) is 0.500. The van der Waals surface area contributed by atoms with Crippen molar-refractivity contribution in [3.63, 3.8) is 0 Å². The Kier molecular flexibility index (Phi) is 7.45. The second-order valence-electron chi connectivity index (χ2n) is 6.36. The number of aliphatic hydroxyl groups is 2. The molecule has 6 atom stereocenters. The second-order valence-corrected chi connectivity index (χ2v) is 10.8. The van der Waals surface area contributed by atoms with Crippen molar-refractivity contribution in [3.8, 4) is 0 Å². The molecule has 24 heteroatoms. The Morgan fingerprint density at radius 1 is 1.15 bits per heavy atom. The number of hydrogen-bond donors (Lipinski definition) is 7. The van der Waals surface area contributed by atoms with Crippen molar-refractivity contribution in [3.05, 3.63) is 16.8 Å². The number of ether oxygens (including phenoxy) is 1. The number of phosphoric ester groups is 1. The van der Waals surface area contributed by atoms with Gasteiger partial charge in [-0.15, -0.1) is 0 Å². The van der Waals surface area contributed by atoms with Gasteiger partial charge in [0.2, 0.25) is 5.95 Å². The number of hydrogen-bond acceptors (Lipinski definition) is 14. The zero-order chi connectivity index (χ0) is 25.5. The third-order valence-electron chi connectivity index (χ3n) is 4.00. The number of fused-ring (bicyclic) bond motifs is 1. The zero-order valence-corrected chi connectivity index (χ0v) is 18.9. The summed E-state index contributed by atoms with van der Waals surface area (Å²) in [5, 5.41) is 23.8. The summed E-state index contributed by atoms with van der Waals surface area (Å²) in [7, 11) is -16.8. The van der Waals surface area contributed by atoms with E-state index in [1.54, 1.807) is 0 Å². The van der Waals surface area contributed by atoms with E-state index in [0.29, 0.717) is 0 Å². The first kappa shape index (κ1) is 26.6. The van der Waals surface area contributed by atoms with Crippen molar-refractivity contribution in [1.29, 1.82) is 0 Å². The molecule has 188 valence electrons. The zero-order valence-electron chi connectivity index (χ0n) is 16.2. The van der Waals surface area contributed by atoms with E-state index in [2.05, 4.69) is 38.1 Å². The molecule has 2 unspecified atom stereocenters. The number of phosphoric acid groups is 3. The first-order valence-corrected chi connectivity index (χ1v) is 13.0. The first-order chi connectivity index (χ1) is 15.6. The standard InChI is InChI=1S/C10H15N8O13P3/c11-7-4-8(15-10(14-7)16-17-12)18(2-13-4)9-6(20)5(19)3(29-9)1-28-33(24,25)31-34(26,27)30-32(21,22)23/h2-3,5-6,9,19-20H,1H2,(H,24,25)(H,26,27)(H2,11,14,15)(H2,21,22,23)/t3-,5-,6-,9-/m1/s1/i33+1. The van der Waals surface area contributed by atoms with Crippen LogP contribution in [-0.4, -0.2) is 74.2 Å². The average Bonchev–Trinajstić information content (AvgIpc) is 3.20. The van der Waals surface area contributed by atoms with E-state index in [1.807, 2.05) is 0 Å². The van der Waals surface area contributed by atoms with Crippen LogP contribution in [0, 0.1) is 0 Å². The molecule has 0 spiro atoms. The van der Waals surface area contributed by atoms with Crippen molar-refractivity contribution < 1.29 is 61.4 Å². The molecule has 3 rings (SSSR count). The van der Waals surface area contributed by atoms with E-state index in [0.717, 1.165) is 10.9 Å². The molecular weight excluding hydrogens is 534 g/mol. The summed E-state index contributed by atoms with van der Waals surface area (Å²) < 4.78 is 51.9. The van der Waals surface area contributed by atoms with E-state index in [-0.39, 0.29) is 22.9 Å². The Hall–Kier alpha value is -2.05. The van der Waals surface area contributed by atoms with Crippen LogP contribution in [0.25, 0.3) is 21.6 Å².